The minimum atomic E-state index is -0.764. The fraction of sp³-hybridized carbons (Fsp3) is 0.250. The van der Waals surface area contributed by atoms with Crippen LogP contribution in [0.3, 0.4) is 0 Å². The van der Waals surface area contributed by atoms with E-state index in [4.69, 9.17) is 4.74 Å². The van der Waals surface area contributed by atoms with Gasteiger partial charge in [0.1, 0.15) is 0 Å². The zero-order chi connectivity index (χ0) is 19.2. The van der Waals surface area contributed by atoms with E-state index in [2.05, 4.69) is 10.2 Å². The number of anilines is 2. The Morgan fingerprint density at radius 2 is 1.52 bits per heavy atom. The number of esters is 1. The van der Waals surface area contributed by atoms with Crippen LogP contribution in [0.2, 0.25) is 0 Å². The molecule has 1 aliphatic heterocycles. The van der Waals surface area contributed by atoms with Crippen molar-refractivity contribution in [1.82, 2.24) is 4.90 Å². The largest absolute Gasteiger partial charge is 0.465 e. The first-order chi connectivity index (χ1) is 13.1. The summed E-state index contributed by atoms with van der Waals surface area (Å²) < 4.78 is 4.70. The summed E-state index contributed by atoms with van der Waals surface area (Å²) in [6.45, 7) is 2.23. The topological polar surface area (TPSA) is 78.9 Å². The van der Waals surface area contributed by atoms with Gasteiger partial charge in [-0.3, -0.25) is 9.59 Å². The normalized spacial score (nSPS) is 13.8. The average molecular weight is 367 g/mol. The molecule has 1 saturated heterocycles. The van der Waals surface area contributed by atoms with Gasteiger partial charge in [0.25, 0.3) is 0 Å². The molecule has 1 N–H and O–H groups in total. The number of ether oxygens (including phenoxy) is 1. The highest BCUT2D eigenvalue weighted by Gasteiger charge is 2.27. The molecule has 27 heavy (non-hydrogen) atoms. The van der Waals surface area contributed by atoms with Crippen molar-refractivity contribution in [2.75, 3.05) is 43.5 Å². The predicted octanol–water partition coefficient (Wildman–Crippen LogP) is 1.76. The molecule has 2 aromatic carbocycles. The first-order valence-corrected chi connectivity index (χ1v) is 8.67. The number of nitrogens with one attached hydrogen (secondary N) is 1. The monoisotopic (exact) mass is 367 g/mol. The predicted molar refractivity (Wildman–Crippen MR) is 102 cm³/mol. The molecule has 2 aromatic rings. The molecule has 1 heterocycles. The quantitative estimate of drug-likeness (QED) is 0.661. The molecule has 0 spiro atoms. The molecule has 3 rings (SSSR count). The van der Waals surface area contributed by atoms with Gasteiger partial charge in [-0.2, -0.15) is 0 Å². The summed E-state index contributed by atoms with van der Waals surface area (Å²) in [7, 11) is 1.26. The summed E-state index contributed by atoms with van der Waals surface area (Å²) in [6, 6.07) is 16.4. The summed E-state index contributed by atoms with van der Waals surface area (Å²) in [5.74, 6) is -1.95. The van der Waals surface area contributed by atoms with E-state index in [9.17, 15) is 14.4 Å². The number of hydrogen-bond acceptors (Lipinski definition) is 5. The van der Waals surface area contributed by atoms with Crippen LogP contribution in [0.25, 0.3) is 0 Å². The number of para-hydroxylation sites is 2. The van der Waals surface area contributed by atoms with E-state index in [0.717, 1.165) is 5.69 Å². The number of amides is 2. The van der Waals surface area contributed by atoms with Gasteiger partial charge in [-0.15, -0.1) is 0 Å². The maximum Gasteiger partial charge on any atom is 0.339 e. The van der Waals surface area contributed by atoms with E-state index >= 15 is 0 Å². The van der Waals surface area contributed by atoms with Gasteiger partial charge in [0, 0.05) is 31.9 Å². The lowest BCUT2D eigenvalue weighted by molar-refractivity contribution is -0.143. The van der Waals surface area contributed by atoms with Gasteiger partial charge >= 0.3 is 17.8 Å². The molecule has 140 valence electrons. The highest BCUT2D eigenvalue weighted by molar-refractivity contribution is 6.39. The van der Waals surface area contributed by atoms with E-state index in [-0.39, 0.29) is 11.3 Å². The van der Waals surface area contributed by atoms with Crippen LogP contribution in [0.4, 0.5) is 11.4 Å². The smallest absolute Gasteiger partial charge is 0.339 e. The fourth-order valence-electron chi connectivity index (χ4n) is 3.01. The molecule has 0 aliphatic carbocycles. The molecule has 0 aromatic heterocycles. The number of methoxy groups -OCH3 is 1. The van der Waals surface area contributed by atoms with Crippen LogP contribution in [-0.4, -0.2) is 56.0 Å². The van der Waals surface area contributed by atoms with Crippen molar-refractivity contribution < 1.29 is 19.1 Å². The van der Waals surface area contributed by atoms with E-state index in [1.54, 1.807) is 18.2 Å². The lowest BCUT2D eigenvalue weighted by Gasteiger charge is -2.35. The lowest BCUT2D eigenvalue weighted by Crippen LogP contribution is -2.51. The zero-order valence-electron chi connectivity index (χ0n) is 15.1. The molecule has 0 saturated carbocycles. The highest BCUT2D eigenvalue weighted by Crippen LogP contribution is 2.18. The van der Waals surface area contributed by atoms with Crippen molar-refractivity contribution in [2.45, 2.75) is 0 Å². The van der Waals surface area contributed by atoms with Gasteiger partial charge < -0.3 is 19.9 Å². The Kier molecular flexibility index (Phi) is 5.71. The third-order valence-corrected chi connectivity index (χ3v) is 4.46. The molecule has 2 amide bonds. The second kappa shape index (κ2) is 8.35. The van der Waals surface area contributed by atoms with E-state index < -0.39 is 17.8 Å². The van der Waals surface area contributed by atoms with E-state index in [1.807, 2.05) is 30.3 Å². The molecule has 7 nitrogen and oxygen atoms in total. The van der Waals surface area contributed by atoms with Crippen molar-refractivity contribution in [2.24, 2.45) is 0 Å². The average Bonchev–Trinajstić information content (AvgIpc) is 2.73. The van der Waals surface area contributed by atoms with Gasteiger partial charge in [0.2, 0.25) is 0 Å². The van der Waals surface area contributed by atoms with Crippen LogP contribution in [0, 0.1) is 0 Å². The Hall–Kier alpha value is -3.35. The van der Waals surface area contributed by atoms with Crippen LogP contribution < -0.4 is 10.2 Å². The van der Waals surface area contributed by atoms with E-state index in [0.29, 0.717) is 26.2 Å². The number of piperazine rings is 1. The van der Waals surface area contributed by atoms with Crippen molar-refractivity contribution >= 4 is 29.2 Å². The molecule has 0 bridgehead atoms. The molecule has 1 fully saturated rings. The second-order valence-electron chi connectivity index (χ2n) is 6.11. The van der Waals surface area contributed by atoms with Crippen molar-refractivity contribution in [3.8, 4) is 0 Å². The minimum absolute atomic E-state index is 0.204. The van der Waals surface area contributed by atoms with Gasteiger partial charge in [-0.25, -0.2) is 4.79 Å². The van der Waals surface area contributed by atoms with Crippen LogP contribution in [-0.2, 0) is 14.3 Å². The van der Waals surface area contributed by atoms with Crippen molar-refractivity contribution in [1.29, 1.82) is 0 Å². The summed E-state index contributed by atoms with van der Waals surface area (Å²) in [5.41, 5.74) is 1.56. The number of carbonyl (C=O) groups excluding carboxylic acids is 3. The van der Waals surface area contributed by atoms with Gasteiger partial charge in [0.15, 0.2) is 0 Å². The summed E-state index contributed by atoms with van der Waals surface area (Å²) in [4.78, 5) is 40.3. The van der Waals surface area contributed by atoms with Crippen LogP contribution >= 0.6 is 0 Å². The number of carbonyl (C=O) groups is 3. The van der Waals surface area contributed by atoms with Crippen molar-refractivity contribution in [3.63, 3.8) is 0 Å². The van der Waals surface area contributed by atoms with Gasteiger partial charge in [-0.05, 0) is 24.3 Å². The second-order valence-corrected chi connectivity index (χ2v) is 6.11. The number of benzene rings is 2. The molecule has 0 unspecified atom stereocenters. The first-order valence-electron chi connectivity index (χ1n) is 8.67. The highest BCUT2D eigenvalue weighted by atomic mass is 16.5. The Bertz CT molecular complexity index is 830. The van der Waals surface area contributed by atoms with Crippen LogP contribution in [0.1, 0.15) is 10.4 Å². The summed E-state index contributed by atoms with van der Waals surface area (Å²) in [5, 5.41) is 2.52. The Balaban J connectivity index is 1.61. The van der Waals surface area contributed by atoms with Crippen molar-refractivity contribution in [3.05, 3.63) is 60.2 Å². The Morgan fingerprint density at radius 3 is 2.19 bits per heavy atom. The maximum atomic E-state index is 12.5. The molecule has 1 aliphatic rings. The molecular formula is C20H21N3O4. The molecule has 0 atom stereocenters. The summed E-state index contributed by atoms with van der Waals surface area (Å²) in [6.07, 6.45) is 0. The molecular weight excluding hydrogens is 346 g/mol. The SMILES string of the molecule is COC(=O)c1ccccc1NC(=O)C(=O)N1CCN(c2ccccc2)CC1. The number of nitrogens with zero attached hydrogens (tertiary/aromatic N) is 2. The van der Waals surface area contributed by atoms with Gasteiger partial charge in [0.05, 0.1) is 18.4 Å². The Morgan fingerprint density at radius 1 is 0.889 bits per heavy atom. The van der Waals surface area contributed by atoms with Gasteiger partial charge in [-0.1, -0.05) is 30.3 Å². The zero-order valence-corrected chi connectivity index (χ0v) is 15.1. The fourth-order valence-corrected chi connectivity index (χ4v) is 3.01. The summed E-state index contributed by atoms with van der Waals surface area (Å²) >= 11 is 0. The Labute approximate surface area is 157 Å². The first kappa shape index (κ1) is 18.4. The molecule has 0 radical (unpaired) electrons. The number of rotatable bonds is 3. The number of hydrogen-bond donors (Lipinski definition) is 1. The third-order valence-electron chi connectivity index (χ3n) is 4.46. The lowest BCUT2D eigenvalue weighted by atomic mass is 10.1. The van der Waals surface area contributed by atoms with Crippen LogP contribution in [0.15, 0.2) is 54.6 Å². The van der Waals surface area contributed by atoms with E-state index in [1.165, 1.54) is 18.1 Å². The minimum Gasteiger partial charge on any atom is -0.465 e. The van der Waals surface area contributed by atoms with Crippen LogP contribution in [0.5, 0.6) is 0 Å². The molecule has 7 heteroatoms. The standard InChI is InChI=1S/C20H21N3O4/c1-27-20(26)16-9-5-6-10-17(16)21-18(24)19(25)23-13-11-22(12-14-23)15-7-3-2-4-8-15/h2-10H,11-14H2,1H3,(H,21,24). The third kappa shape index (κ3) is 4.25. The maximum absolute atomic E-state index is 12.5.